The second-order valence-electron chi connectivity index (χ2n) is 9.05. The molecular weight excluding hydrogens is 400 g/mol. The van der Waals surface area contributed by atoms with E-state index in [1.807, 2.05) is 13.1 Å². The van der Waals surface area contributed by atoms with E-state index in [1.54, 1.807) is 0 Å². The van der Waals surface area contributed by atoms with E-state index in [0.29, 0.717) is 5.92 Å². The fraction of sp³-hybridized carbons (Fsp3) is 0.423. The highest BCUT2D eigenvalue weighted by atomic mass is 16.5. The van der Waals surface area contributed by atoms with E-state index in [-0.39, 0.29) is 6.23 Å². The van der Waals surface area contributed by atoms with Crippen LogP contribution in [0.1, 0.15) is 55.6 Å². The number of H-pyrrole nitrogens is 1. The Morgan fingerprint density at radius 1 is 1.00 bits per heavy atom. The first-order valence-corrected chi connectivity index (χ1v) is 11.8. The van der Waals surface area contributed by atoms with Crippen LogP contribution in [-0.4, -0.2) is 34.9 Å². The molecule has 1 unspecified atom stereocenters. The zero-order valence-electron chi connectivity index (χ0n) is 18.5. The Kier molecular flexibility index (Phi) is 5.12. The van der Waals surface area contributed by atoms with Gasteiger partial charge in [0.25, 0.3) is 6.23 Å². The summed E-state index contributed by atoms with van der Waals surface area (Å²) in [4.78, 5) is 9.47. The van der Waals surface area contributed by atoms with Gasteiger partial charge in [0.05, 0.1) is 23.9 Å². The predicted molar refractivity (Wildman–Crippen MR) is 123 cm³/mol. The minimum atomic E-state index is 0.0792. The number of hydrogen-bond donors (Lipinski definition) is 1. The molecule has 32 heavy (non-hydrogen) atoms. The molecule has 2 aliphatic heterocycles. The number of nitrogens with zero attached hydrogens (tertiary/aromatic N) is 3. The molecule has 4 aromatic rings. The maximum Gasteiger partial charge on any atom is 0.286 e. The molecule has 2 fully saturated rings. The maximum atomic E-state index is 6.04. The molecule has 6 heteroatoms. The highest BCUT2D eigenvalue weighted by Crippen LogP contribution is 2.39. The molecule has 6 rings (SSSR count). The monoisotopic (exact) mass is 429 g/mol. The number of nitrogens with one attached hydrogen (secondary N) is 1. The molecule has 164 valence electrons. The van der Waals surface area contributed by atoms with Crippen LogP contribution in [0.4, 0.5) is 0 Å². The average Bonchev–Trinajstić information content (AvgIpc) is 3.26. The second-order valence-corrected chi connectivity index (χ2v) is 9.05. The molecule has 0 bridgehead atoms. The van der Waals surface area contributed by atoms with E-state index < -0.39 is 0 Å². The van der Waals surface area contributed by atoms with Crippen molar-refractivity contribution >= 4 is 21.7 Å². The topological polar surface area (TPSA) is 63.9 Å². The van der Waals surface area contributed by atoms with Crippen molar-refractivity contribution in [2.45, 2.75) is 51.2 Å². The average molecular weight is 430 g/mol. The third-order valence-electron chi connectivity index (χ3n) is 6.92. The van der Waals surface area contributed by atoms with Crippen molar-refractivity contribution in [1.29, 1.82) is 0 Å². The van der Waals surface area contributed by atoms with Gasteiger partial charge in [-0.1, -0.05) is 4.68 Å². The molecular formula is C26H29N4O2+. The first-order valence-electron chi connectivity index (χ1n) is 11.8. The minimum Gasteiger partial charge on any atom is -0.381 e. The third-order valence-corrected chi connectivity index (χ3v) is 6.92. The molecule has 1 atom stereocenters. The Labute approximate surface area is 187 Å². The number of hydrogen-bond acceptors (Lipinski definition) is 4. The smallest absolute Gasteiger partial charge is 0.286 e. The van der Waals surface area contributed by atoms with Crippen LogP contribution in [0.5, 0.6) is 0 Å². The molecule has 1 N–H and O–H groups in total. The minimum absolute atomic E-state index is 0.0792. The van der Waals surface area contributed by atoms with Crippen LogP contribution >= 0.6 is 0 Å². The van der Waals surface area contributed by atoms with Crippen molar-refractivity contribution in [2.75, 3.05) is 19.8 Å². The van der Waals surface area contributed by atoms with Crippen LogP contribution < -0.4 is 4.68 Å². The van der Waals surface area contributed by atoms with Gasteiger partial charge in [0.15, 0.2) is 0 Å². The molecule has 0 amide bonds. The van der Waals surface area contributed by atoms with Gasteiger partial charge in [0.2, 0.25) is 5.52 Å². The standard InChI is InChI=1S/C26H28N4O2/c1-17-12-19(5-8-27-17)25-22-13-21-16-29-30(24-4-2-3-9-32-24)23(21)14-20(22)15-28-26(25)18-6-10-31-11-7-18/h5,8,12-16,18,24H,2-4,6-7,9-11H2,1H3/p+1. The van der Waals surface area contributed by atoms with Gasteiger partial charge in [0.1, 0.15) is 0 Å². The molecule has 0 aliphatic carbocycles. The zero-order chi connectivity index (χ0) is 21.5. The Morgan fingerprint density at radius 2 is 1.91 bits per heavy atom. The summed E-state index contributed by atoms with van der Waals surface area (Å²) in [5.41, 5.74) is 5.80. The molecule has 1 aromatic carbocycles. The zero-order valence-corrected chi connectivity index (χ0v) is 18.5. The maximum absolute atomic E-state index is 6.04. The van der Waals surface area contributed by atoms with E-state index in [1.165, 1.54) is 39.5 Å². The van der Waals surface area contributed by atoms with E-state index in [0.717, 1.165) is 56.6 Å². The summed E-state index contributed by atoms with van der Waals surface area (Å²) in [6, 6.07) is 8.87. The van der Waals surface area contributed by atoms with Crippen LogP contribution in [0.2, 0.25) is 0 Å². The normalized spacial score (nSPS) is 20.2. The first-order chi connectivity index (χ1) is 15.8. The molecule has 6 nitrogen and oxygen atoms in total. The number of pyridine rings is 2. The van der Waals surface area contributed by atoms with Gasteiger partial charge < -0.3 is 9.47 Å². The lowest BCUT2D eigenvalue weighted by Gasteiger charge is -2.24. The van der Waals surface area contributed by atoms with Crippen LogP contribution in [0.3, 0.4) is 0 Å². The summed E-state index contributed by atoms with van der Waals surface area (Å²) < 4.78 is 13.9. The van der Waals surface area contributed by atoms with Gasteiger partial charge in [-0.2, -0.15) is 5.10 Å². The van der Waals surface area contributed by atoms with E-state index in [2.05, 4.69) is 51.4 Å². The van der Waals surface area contributed by atoms with Gasteiger partial charge >= 0.3 is 0 Å². The number of aromatic amines is 1. The molecule has 2 saturated heterocycles. The number of ether oxygens (including phenoxy) is 2. The van der Waals surface area contributed by atoms with Crippen LogP contribution in [-0.2, 0) is 9.47 Å². The first kappa shape index (κ1) is 19.8. The van der Waals surface area contributed by atoms with E-state index in [9.17, 15) is 0 Å². The van der Waals surface area contributed by atoms with Crippen LogP contribution in [0.15, 0.2) is 42.9 Å². The molecule has 3 aromatic heterocycles. The Balaban J connectivity index is 1.56. The number of benzene rings is 1. The Hall–Kier alpha value is -2.83. The fourth-order valence-electron chi connectivity index (χ4n) is 5.27. The number of fused-ring (bicyclic) bond motifs is 2. The van der Waals surface area contributed by atoms with Crippen LogP contribution in [0, 0.1) is 6.92 Å². The summed E-state index contributed by atoms with van der Waals surface area (Å²) in [5.74, 6) is 0.416. The number of rotatable bonds is 3. The predicted octanol–water partition coefficient (Wildman–Crippen LogP) is 4.97. The lowest BCUT2D eigenvalue weighted by molar-refractivity contribution is -0.790. The van der Waals surface area contributed by atoms with Gasteiger partial charge in [-0.05, 0) is 61.8 Å². The Bertz CT molecular complexity index is 1270. The molecule has 0 radical (unpaired) electrons. The van der Waals surface area contributed by atoms with Gasteiger partial charge in [-0.25, -0.2) is 0 Å². The van der Waals surface area contributed by atoms with Crippen molar-refractivity contribution in [3.63, 3.8) is 0 Å². The van der Waals surface area contributed by atoms with Gasteiger partial charge in [-0.15, -0.1) is 0 Å². The molecule has 2 aliphatic rings. The van der Waals surface area contributed by atoms with E-state index in [4.69, 9.17) is 14.5 Å². The molecule has 0 saturated carbocycles. The Morgan fingerprint density at radius 3 is 2.72 bits per heavy atom. The van der Waals surface area contributed by atoms with E-state index >= 15 is 0 Å². The molecule has 0 spiro atoms. The lowest BCUT2D eigenvalue weighted by atomic mass is 9.87. The van der Waals surface area contributed by atoms with Crippen molar-refractivity contribution in [3.05, 3.63) is 54.2 Å². The van der Waals surface area contributed by atoms with Crippen molar-refractivity contribution in [3.8, 4) is 11.1 Å². The fourth-order valence-corrected chi connectivity index (χ4v) is 5.27. The SMILES string of the molecule is Cc1cc(-c2c(C3CCOCC3)ncc3cc4c(c[nH][n+]4C4CCCCO4)cc23)ccn1. The highest BCUT2D eigenvalue weighted by molar-refractivity contribution is 6.03. The summed E-state index contributed by atoms with van der Waals surface area (Å²) in [7, 11) is 0. The van der Waals surface area contributed by atoms with Crippen LogP contribution in [0.25, 0.3) is 32.8 Å². The summed E-state index contributed by atoms with van der Waals surface area (Å²) in [6.45, 7) is 4.48. The second kappa shape index (κ2) is 8.26. The summed E-state index contributed by atoms with van der Waals surface area (Å²) >= 11 is 0. The number of aromatic nitrogens is 4. The van der Waals surface area contributed by atoms with Gasteiger partial charge in [0, 0.05) is 60.7 Å². The quantitative estimate of drug-likeness (QED) is 0.467. The number of aryl methyl sites for hydroxylation is 1. The van der Waals surface area contributed by atoms with Gasteiger partial charge in [-0.3, -0.25) is 9.97 Å². The lowest BCUT2D eigenvalue weighted by Crippen LogP contribution is -2.44. The largest absolute Gasteiger partial charge is 0.381 e. The van der Waals surface area contributed by atoms with Crippen molar-refractivity contribution in [1.82, 2.24) is 15.1 Å². The summed E-state index contributed by atoms with van der Waals surface area (Å²) in [5, 5.41) is 7.05. The third kappa shape index (κ3) is 3.48. The van der Waals surface area contributed by atoms with Crippen molar-refractivity contribution in [2.24, 2.45) is 0 Å². The van der Waals surface area contributed by atoms with Crippen molar-refractivity contribution < 1.29 is 14.2 Å². The summed E-state index contributed by atoms with van der Waals surface area (Å²) in [6.07, 6.45) is 11.6. The molecule has 5 heterocycles. The highest BCUT2D eigenvalue weighted by Gasteiger charge is 2.28.